The van der Waals surface area contributed by atoms with Gasteiger partial charge in [-0.2, -0.15) is 5.10 Å². The van der Waals surface area contributed by atoms with Crippen molar-refractivity contribution in [3.8, 4) is 39.4 Å². The van der Waals surface area contributed by atoms with Crippen LogP contribution < -0.4 is 10.1 Å². The number of nitrogens with zero attached hydrogens (tertiary/aromatic N) is 4. The van der Waals surface area contributed by atoms with Crippen molar-refractivity contribution in [2.45, 2.75) is 19.8 Å². The summed E-state index contributed by atoms with van der Waals surface area (Å²) in [4.78, 5) is 26.4. The lowest BCUT2D eigenvalue weighted by Gasteiger charge is -2.12. The van der Waals surface area contributed by atoms with Gasteiger partial charge in [0.15, 0.2) is 0 Å². The van der Waals surface area contributed by atoms with E-state index in [0.29, 0.717) is 35.7 Å². The maximum Gasteiger partial charge on any atom is 0.224 e. The fraction of sp³-hybridized carbons (Fsp3) is 0.212. The van der Waals surface area contributed by atoms with Gasteiger partial charge in [0.1, 0.15) is 29.5 Å². The van der Waals surface area contributed by atoms with Crippen LogP contribution in [0.5, 0.6) is 5.75 Å². The molecule has 9 nitrogen and oxygen atoms in total. The zero-order valence-electron chi connectivity index (χ0n) is 24.2. The number of hydrogen-bond donors (Lipinski definition) is 3. The first-order valence-corrected chi connectivity index (χ1v) is 14.2. The molecule has 0 spiro atoms. The highest BCUT2D eigenvalue weighted by Crippen LogP contribution is 2.36. The van der Waals surface area contributed by atoms with E-state index in [0.717, 1.165) is 57.3 Å². The minimum Gasteiger partial charge on any atom is -0.492 e. The second-order valence-electron chi connectivity index (χ2n) is 10.7. The Labute approximate surface area is 248 Å². The zero-order valence-corrected chi connectivity index (χ0v) is 24.2. The number of carbonyl (C=O) groups is 1. The van der Waals surface area contributed by atoms with Gasteiger partial charge in [0.2, 0.25) is 5.91 Å². The van der Waals surface area contributed by atoms with E-state index >= 15 is 0 Å². The monoisotopic (exact) mass is 577 g/mol. The molecule has 43 heavy (non-hydrogen) atoms. The number of fused-ring (bicyclic) bond motifs is 2. The molecule has 218 valence electrons. The van der Waals surface area contributed by atoms with Gasteiger partial charge in [0, 0.05) is 47.8 Å². The summed E-state index contributed by atoms with van der Waals surface area (Å²) in [5.41, 5.74) is 7.03. The first kappa shape index (κ1) is 28.0. The fourth-order valence-corrected chi connectivity index (χ4v) is 5.07. The van der Waals surface area contributed by atoms with Gasteiger partial charge in [0.25, 0.3) is 0 Å². The summed E-state index contributed by atoms with van der Waals surface area (Å²) in [5, 5.41) is 12.4. The first-order valence-electron chi connectivity index (χ1n) is 14.2. The SMILES string of the molecule is CCCC(=O)Nc1cncc(-c2ccc3[nH]nc(-c4cc5c(-c6cc(F)cc(OCCN(C)C)c6)ccnc5[nH]4)c3c2)c1. The minimum absolute atomic E-state index is 0.0351. The number of hydrogen-bond acceptors (Lipinski definition) is 6. The van der Waals surface area contributed by atoms with Gasteiger partial charge >= 0.3 is 0 Å². The van der Waals surface area contributed by atoms with Crippen molar-refractivity contribution in [2.24, 2.45) is 0 Å². The first-order chi connectivity index (χ1) is 20.9. The minimum atomic E-state index is -0.368. The van der Waals surface area contributed by atoms with Crippen LogP contribution in [0.4, 0.5) is 10.1 Å². The molecule has 0 aliphatic carbocycles. The maximum atomic E-state index is 14.6. The second kappa shape index (κ2) is 12.0. The Bertz CT molecular complexity index is 1930. The Morgan fingerprint density at radius 3 is 2.72 bits per heavy atom. The number of anilines is 1. The number of carbonyl (C=O) groups excluding carboxylic acids is 1. The molecule has 6 rings (SSSR count). The molecule has 4 heterocycles. The molecular formula is C33H32FN7O2. The van der Waals surface area contributed by atoms with Crippen molar-refractivity contribution < 1.29 is 13.9 Å². The number of likely N-dealkylation sites (N-methyl/N-ethyl adjacent to an activating group) is 1. The average Bonchev–Trinajstić information content (AvgIpc) is 3.60. The molecule has 0 aliphatic heterocycles. The molecule has 4 aromatic heterocycles. The van der Waals surface area contributed by atoms with E-state index in [9.17, 15) is 9.18 Å². The molecule has 2 aromatic carbocycles. The van der Waals surface area contributed by atoms with Gasteiger partial charge in [0.05, 0.1) is 23.1 Å². The summed E-state index contributed by atoms with van der Waals surface area (Å²) in [7, 11) is 3.93. The van der Waals surface area contributed by atoms with Crippen molar-refractivity contribution >= 4 is 33.5 Å². The Kier molecular flexibility index (Phi) is 7.84. The van der Waals surface area contributed by atoms with Crippen LogP contribution in [-0.2, 0) is 4.79 Å². The van der Waals surface area contributed by atoms with Gasteiger partial charge in [-0.15, -0.1) is 0 Å². The van der Waals surface area contributed by atoms with Crippen LogP contribution in [0.15, 0.2) is 73.2 Å². The third kappa shape index (κ3) is 6.09. The lowest BCUT2D eigenvalue weighted by Crippen LogP contribution is -2.19. The molecular weight excluding hydrogens is 545 g/mol. The Balaban J connectivity index is 1.35. The highest BCUT2D eigenvalue weighted by Gasteiger charge is 2.16. The van der Waals surface area contributed by atoms with E-state index in [4.69, 9.17) is 4.74 Å². The van der Waals surface area contributed by atoms with Crippen LogP contribution in [0.2, 0.25) is 0 Å². The Morgan fingerprint density at radius 1 is 1.00 bits per heavy atom. The summed E-state index contributed by atoms with van der Waals surface area (Å²) >= 11 is 0. The summed E-state index contributed by atoms with van der Waals surface area (Å²) in [5.74, 6) is 0.0754. The summed E-state index contributed by atoms with van der Waals surface area (Å²) in [6.45, 7) is 3.15. The van der Waals surface area contributed by atoms with E-state index in [1.54, 1.807) is 18.6 Å². The number of pyridine rings is 2. The number of aromatic nitrogens is 5. The number of H-pyrrole nitrogens is 2. The van der Waals surface area contributed by atoms with Crippen molar-refractivity contribution in [3.05, 3.63) is 79.0 Å². The smallest absolute Gasteiger partial charge is 0.224 e. The number of amides is 1. The molecule has 10 heteroatoms. The lowest BCUT2D eigenvalue weighted by atomic mass is 10.0. The summed E-state index contributed by atoms with van der Waals surface area (Å²) < 4.78 is 20.5. The topological polar surface area (TPSA) is 112 Å². The van der Waals surface area contributed by atoms with E-state index in [2.05, 4.69) is 30.5 Å². The van der Waals surface area contributed by atoms with Crippen LogP contribution in [0, 0.1) is 5.82 Å². The highest BCUT2D eigenvalue weighted by molar-refractivity contribution is 6.01. The number of halogens is 1. The van der Waals surface area contributed by atoms with Crippen LogP contribution in [-0.4, -0.2) is 63.2 Å². The van der Waals surface area contributed by atoms with Gasteiger partial charge in [-0.3, -0.25) is 14.9 Å². The van der Waals surface area contributed by atoms with Gasteiger partial charge < -0.3 is 19.9 Å². The van der Waals surface area contributed by atoms with Crippen molar-refractivity contribution in [2.75, 3.05) is 32.6 Å². The van der Waals surface area contributed by atoms with Gasteiger partial charge in [-0.1, -0.05) is 13.0 Å². The molecule has 0 saturated carbocycles. The van der Waals surface area contributed by atoms with E-state index in [1.807, 2.05) is 68.4 Å². The summed E-state index contributed by atoms with van der Waals surface area (Å²) in [6, 6.07) is 16.5. The predicted molar refractivity (Wildman–Crippen MR) is 167 cm³/mol. The number of rotatable bonds is 10. The average molecular weight is 578 g/mol. The molecule has 0 unspecified atom stereocenters. The predicted octanol–water partition coefficient (Wildman–Crippen LogP) is 6.65. The molecule has 3 N–H and O–H groups in total. The van der Waals surface area contributed by atoms with E-state index in [1.165, 1.54) is 12.1 Å². The lowest BCUT2D eigenvalue weighted by molar-refractivity contribution is -0.116. The second-order valence-corrected chi connectivity index (χ2v) is 10.7. The van der Waals surface area contributed by atoms with Crippen molar-refractivity contribution in [3.63, 3.8) is 0 Å². The Morgan fingerprint density at radius 2 is 1.88 bits per heavy atom. The third-order valence-electron chi connectivity index (χ3n) is 7.17. The molecule has 6 aromatic rings. The van der Waals surface area contributed by atoms with Crippen molar-refractivity contribution in [1.82, 2.24) is 30.0 Å². The molecule has 0 atom stereocenters. The molecule has 0 fully saturated rings. The number of aromatic amines is 2. The molecule has 0 radical (unpaired) electrons. The zero-order chi connectivity index (χ0) is 29.9. The standard InChI is InChI=1S/C33H32FN7O2/c1-4-5-31(42)37-24-13-22(18-35-19-24)20-6-7-29-28(15-20)32(40-39-29)30-17-27-26(8-9-36-33(27)38-30)21-12-23(34)16-25(14-21)43-11-10-41(2)3/h6-9,12-19H,4-5,10-11H2,1-3H3,(H,36,38)(H,37,42)(H,39,40). The van der Waals surface area contributed by atoms with E-state index in [-0.39, 0.29) is 11.7 Å². The van der Waals surface area contributed by atoms with Crippen LogP contribution in [0.3, 0.4) is 0 Å². The molecule has 1 amide bonds. The number of benzene rings is 2. The van der Waals surface area contributed by atoms with Gasteiger partial charge in [-0.25, -0.2) is 9.37 Å². The molecule has 0 bridgehead atoms. The molecule has 0 saturated heterocycles. The third-order valence-corrected chi connectivity index (χ3v) is 7.17. The van der Waals surface area contributed by atoms with Crippen LogP contribution in [0.25, 0.3) is 55.6 Å². The number of ether oxygens (including phenoxy) is 1. The maximum absolute atomic E-state index is 14.6. The van der Waals surface area contributed by atoms with Crippen LogP contribution in [0.1, 0.15) is 19.8 Å². The quantitative estimate of drug-likeness (QED) is 0.168. The summed E-state index contributed by atoms with van der Waals surface area (Å²) in [6.07, 6.45) is 6.35. The van der Waals surface area contributed by atoms with E-state index < -0.39 is 0 Å². The normalized spacial score (nSPS) is 11.5. The molecule has 0 aliphatic rings. The van der Waals surface area contributed by atoms with Gasteiger partial charge in [-0.05, 0) is 79.7 Å². The fourth-order valence-electron chi connectivity index (χ4n) is 5.07. The Hall–Kier alpha value is -5.09. The highest BCUT2D eigenvalue weighted by atomic mass is 19.1. The number of nitrogens with one attached hydrogen (secondary N) is 3. The van der Waals surface area contributed by atoms with Crippen LogP contribution >= 0.6 is 0 Å². The van der Waals surface area contributed by atoms with Crippen molar-refractivity contribution in [1.29, 1.82) is 0 Å². The largest absolute Gasteiger partial charge is 0.492 e.